The zero-order valence-corrected chi connectivity index (χ0v) is 10.3. The molecule has 0 fully saturated rings. The summed E-state index contributed by atoms with van der Waals surface area (Å²) in [6.07, 6.45) is 0.842. The van der Waals surface area contributed by atoms with Gasteiger partial charge in [0.05, 0.1) is 0 Å². The Balaban J connectivity index is 2.23. The van der Waals surface area contributed by atoms with Crippen LogP contribution in [0.15, 0.2) is 54.6 Å². The first-order valence-corrected chi connectivity index (χ1v) is 5.88. The third kappa shape index (κ3) is 2.94. The van der Waals surface area contributed by atoms with Gasteiger partial charge in [0.1, 0.15) is 5.82 Å². The summed E-state index contributed by atoms with van der Waals surface area (Å²) in [5, 5.41) is 0. The molecular formula is C16H17F. The van der Waals surface area contributed by atoms with E-state index < -0.39 is 0 Å². The van der Waals surface area contributed by atoms with E-state index in [1.165, 1.54) is 11.6 Å². The second kappa shape index (κ2) is 4.70. The molecule has 0 aliphatic rings. The Labute approximate surface area is 102 Å². The van der Waals surface area contributed by atoms with Gasteiger partial charge in [0.2, 0.25) is 0 Å². The summed E-state index contributed by atoms with van der Waals surface area (Å²) in [4.78, 5) is 0. The fraction of sp³-hybridized carbons (Fsp3) is 0.250. The molecule has 0 saturated heterocycles. The van der Waals surface area contributed by atoms with Crippen LogP contribution in [-0.4, -0.2) is 0 Å². The molecule has 0 aliphatic heterocycles. The van der Waals surface area contributed by atoms with E-state index in [0.29, 0.717) is 0 Å². The Kier molecular flexibility index (Phi) is 3.28. The van der Waals surface area contributed by atoms with Crippen LogP contribution >= 0.6 is 0 Å². The van der Waals surface area contributed by atoms with Gasteiger partial charge in [-0.25, -0.2) is 4.39 Å². The minimum absolute atomic E-state index is 0.0229. The van der Waals surface area contributed by atoms with Gasteiger partial charge in [-0.3, -0.25) is 0 Å². The summed E-state index contributed by atoms with van der Waals surface area (Å²) in [6, 6.07) is 17.2. The van der Waals surface area contributed by atoms with Gasteiger partial charge in [-0.2, -0.15) is 0 Å². The first kappa shape index (κ1) is 11.8. The Hall–Kier alpha value is -1.63. The lowest BCUT2D eigenvalue weighted by molar-refractivity contribution is 0.519. The number of rotatable bonds is 3. The summed E-state index contributed by atoms with van der Waals surface area (Å²) in [5.41, 5.74) is 2.35. The smallest absolute Gasteiger partial charge is 0.123 e. The van der Waals surface area contributed by atoms with Crippen LogP contribution in [0.4, 0.5) is 4.39 Å². The summed E-state index contributed by atoms with van der Waals surface area (Å²) < 4.78 is 13.1. The molecular weight excluding hydrogens is 211 g/mol. The Morgan fingerprint density at radius 2 is 1.65 bits per heavy atom. The van der Waals surface area contributed by atoms with Crippen LogP contribution in [0, 0.1) is 5.82 Å². The van der Waals surface area contributed by atoms with Gasteiger partial charge in [0.25, 0.3) is 0 Å². The maximum Gasteiger partial charge on any atom is 0.123 e. The quantitative estimate of drug-likeness (QED) is 0.732. The number of hydrogen-bond acceptors (Lipinski definition) is 0. The average Bonchev–Trinajstić information content (AvgIpc) is 2.29. The largest absolute Gasteiger partial charge is 0.207 e. The highest BCUT2D eigenvalue weighted by atomic mass is 19.1. The van der Waals surface area contributed by atoms with Crippen LogP contribution in [0.25, 0.3) is 0 Å². The highest BCUT2D eigenvalue weighted by molar-refractivity contribution is 5.28. The molecule has 0 unspecified atom stereocenters. The molecule has 2 rings (SSSR count). The Bertz CT molecular complexity index is 486. The molecule has 0 aliphatic carbocycles. The summed E-state index contributed by atoms with van der Waals surface area (Å²) in [5.74, 6) is -0.161. The fourth-order valence-corrected chi connectivity index (χ4v) is 2.15. The van der Waals surface area contributed by atoms with Crippen LogP contribution in [-0.2, 0) is 11.8 Å². The van der Waals surface area contributed by atoms with Crippen molar-refractivity contribution >= 4 is 0 Å². The maximum absolute atomic E-state index is 13.1. The maximum atomic E-state index is 13.1. The first-order valence-electron chi connectivity index (χ1n) is 5.88. The predicted octanol–water partition coefficient (Wildman–Crippen LogP) is 4.35. The van der Waals surface area contributed by atoms with Crippen molar-refractivity contribution in [2.24, 2.45) is 0 Å². The monoisotopic (exact) mass is 228 g/mol. The molecule has 0 N–H and O–H groups in total. The molecule has 1 heteroatoms. The zero-order valence-electron chi connectivity index (χ0n) is 10.3. The van der Waals surface area contributed by atoms with E-state index in [1.807, 2.05) is 24.3 Å². The lowest BCUT2D eigenvalue weighted by Gasteiger charge is -2.25. The van der Waals surface area contributed by atoms with E-state index in [1.54, 1.807) is 12.1 Å². The van der Waals surface area contributed by atoms with E-state index in [2.05, 4.69) is 26.0 Å². The standard InChI is InChI=1S/C16H17F/c1-16(2,14-8-4-3-5-9-14)12-13-7-6-10-15(17)11-13/h3-11H,12H2,1-2H3. The third-order valence-electron chi connectivity index (χ3n) is 3.09. The van der Waals surface area contributed by atoms with Gasteiger partial charge in [0, 0.05) is 0 Å². The van der Waals surface area contributed by atoms with E-state index in [9.17, 15) is 4.39 Å². The van der Waals surface area contributed by atoms with Crippen LogP contribution in [0.5, 0.6) is 0 Å². The zero-order chi connectivity index (χ0) is 12.3. The van der Waals surface area contributed by atoms with Gasteiger partial charge < -0.3 is 0 Å². The molecule has 0 radical (unpaired) electrons. The van der Waals surface area contributed by atoms with Gasteiger partial charge in [0.15, 0.2) is 0 Å². The van der Waals surface area contributed by atoms with Crippen LogP contribution in [0.3, 0.4) is 0 Å². The molecule has 17 heavy (non-hydrogen) atoms. The predicted molar refractivity (Wildman–Crippen MR) is 69.6 cm³/mol. The van der Waals surface area contributed by atoms with Crippen molar-refractivity contribution in [2.75, 3.05) is 0 Å². The van der Waals surface area contributed by atoms with Crippen molar-refractivity contribution in [1.29, 1.82) is 0 Å². The van der Waals surface area contributed by atoms with Crippen molar-refractivity contribution in [3.05, 3.63) is 71.5 Å². The molecule has 0 atom stereocenters. The third-order valence-corrected chi connectivity index (χ3v) is 3.09. The normalized spacial score (nSPS) is 11.5. The second-order valence-electron chi connectivity index (χ2n) is 5.06. The highest BCUT2D eigenvalue weighted by Crippen LogP contribution is 2.27. The minimum Gasteiger partial charge on any atom is -0.207 e. The molecule has 0 bridgehead atoms. The van der Waals surface area contributed by atoms with Crippen molar-refractivity contribution in [3.8, 4) is 0 Å². The van der Waals surface area contributed by atoms with Crippen LogP contribution in [0.1, 0.15) is 25.0 Å². The van der Waals surface area contributed by atoms with Crippen molar-refractivity contribution in [2.45, 2.75) is 25.7 Å². The van der Waals surface area contributed by atoms with E-state index in [4.69, 9.17) is 0 Å². The summed E-state index contributed by atoms with van der Waals surface area (Å²) in [6.45, 7) is 4.38. The second-order valence-corrected chi connectivity index (χ2v) is 5.06. The SMILES string of the molecule is CC(C)(Cc1cccc(F)c1)c1ccccc1. The molecule has 0 aromatic heterocycles. The lowest BCUT2D eigenvalue weighted by atomic mass is 9.79. The minimum atomic E-state index is -0.161. The highest BCUT2D eigenvalue weighted by Gasteiger charge is 2.20. The fourth-order valence-electron chi connectivity index (χ4n) is 2.15. The van der Waals surface area contributed by atoms with Gasteiger partial charge in [-0.15, -0.1) is 0 Å². The lowest BCUT2D eigenvalue weighted by Crippen LogP contribution is -2.20. The van der Waals surface area contributed by atoms with E-state index >= 15 is 0 Å². The number of halogens is 1. The number of benzene rings is 2. The molecule has 0 saturated carbocycles. The van der Waals surface area contributed by atoms with E-state index in [0.717, 1.165) is 12.0 Å². The number of hydrogen-bond donors (Lipinski definition) is 0. The van der Waals surface area contributed by atoms with Gasteiger partial charge >= 0.3 is 0 Å². The Morgan fingerprint density at radius 3 is 2.29 bits per heavy atom. The summed E-state index contributed by atoms with van der Waals surface area (Å²) >= 11 is 0. The topological polar surface area (TPSA) is 0 Å². The molecule has 0 amide bonds. The van der Waals surface area contributed by atoms with Crippen LogP contribution < -0.4 is 0 Å². The van der Waals surface area contributed by atoms with Gasteiger partial charge in [-0.05, 0) is 35.1 Å². The van der Waals surface area contributed by atoms with Crippen molar-refractivity contribution in [3.63, 3.8) is 0 Å². The van der Waals surface area contributed by atoms with Crippen molar-refractivity contribution < 1.29 is 4.39 Å². The Morgan fingerprint density at radius 1 is 0.941 bits per heavy atom. The van der Waals surface area contributed by atoms with Gasteiger partial charge in [-0.1, -0.05) is 56.3 Å². The molecule has 0 heterocycles. The van der Waals surface area contributed by atoms with Crippen LogP contribution in [0.2, 0.25) is 0 Å². The van der Waals surface area contributed by atoms with E-state index in [-0.39, 0.29) is 11.2 Å². The van der Waals surface area contributed by atoms with Crippen molar-refractivity contribution in [1.82, 2.24) is 0 Å². The summed E-state index contributed by atoms with van der Waals surface area (Å²) in [7, 11) is 0. The molecule has 88 valence electrons. The molecule has 2 aromatic rings. The molecule has 2 aromatic carbocycles. The average molecular weight is 228 g/mol. The molecule has 0 nitrogen and oxygen atoms in total. The first-order chi connectivity index (χ1) is 8.08. The molecule has 0 spiro atoms.